The molecule has 0 radical (unpaired) electrons. The van der Waals surface area contributed by atoms with Gasteiger partial charge >= 0.3 is 0 Å². The highest BCUT2D eigenvalue weighted by Crippen LogP contribution is 2.28. The smallest absolute Gasteiger partial charge is 0.263 e. The highest BCUT2D eigenvalue weighted by Gasteiger charge is 2.28. The van der Waals surface area contributed by atoms with Gasteiger partial charge in [-0.15, -0.1) is 5.10 Å². The molecule has 3 aromatic rings. The van der Waals surface area contributed by atoms with E-state index in [1.165, 1.54) is 0 Å². The van der Waals surface area contributed by atoms with Gasteiger partial charge in [-0.25, -0.2) is 13.9 Å². The number of piperazine rings is 1. The van der Waals surface area contributed by atoms with Gasteiger partial charge in [0.1, 0.15) is 5.56 Å². The van der Waals surface area contributed by atoms with E-state index in [9.17, 15) is 9.18 Å². The summed E-state index contributed by atoms with van der Waals surface area (Å²) in [5, 5.41) is 6.86. The predicted molar refractivity (Wildman–Crippen MR) is 113 cm³/mol. The number of rotatable bonds is 4. The summed E-state index contributed by atoms with van der Waals surface area (Å²) in [4.78, 5) is 25.8. The van der Waals surface area contributed by atoms with Crippen LogP contribution in [0.25, 0.3) is 5.65 Å². The lowest BCUT2D eigenvalue weighted by atomic mass is 10.1. The van der Waals surface area contributed by atoms with E-state index in [-0.39, 0.29) is 17.0 Å². The Morgan fingerprint density at radius 1 is 1.26 bits per heavy atom. The van der Waals surface area contributed by atoms with Gasteiger partial charge in [0, 0.05) is 45.0 Å². The number of halogens is 1. The first kappa shape index (κ1) is 19.6. The molecule has 0 bridgehead atoms. The molecule has 2 fully saturated rings. The Bertz CT molecular complexity index is 1110. The summed E-state index contributed by atoms with van der Waals surface area (Å²) in [5.74, 6) is -1.06. The molecule has 0 spiro atoms. The van der Waals surface area contributed by atoms with Crippen molar-refractivity contribution in [1.82, 2.24) is 24.5 Å². The summed E-state index contributed by atoms with van der Waals surface area (Å²) in [6.07, 6.45) is 6.54. The van der Waals surface area contributed by atoms with Crippen molar-refractivity contribution in [2.45, 2.75) is 12.5 Å². The van der Waals surface area contributed by atoms with Crippen molar-refractivity contribution >= 4 is 28.7 Å². The first-order valence-corrected chi connectivity index (χ1v) is 10.2. The fourth-order valence-electron chi connectivity index (χ4n) is 4.23. The van der Waals surface area contributed by atoms with Crippen molar-refractivity contribution in [2.24, 2.45) is 0 Å². The van der Waals surface area contributed by atoms with Crippen LogP contribution in [0.2, 0.25) is 0 Å². The number of anilines is 3. The molecule has 10 nitrogen and oxygen atoms in total. The van der Waals surface area contributed by atoms with Gasteiger partial charge in [0.2, 0.25) is 0 Å². The molecule has 0 aliphatic carbocycles. The van der Waals surface area contributed by atoms with Crippen LogP contribution >= 0.6 is 0 Å². The van der Waals surface area contributed by atoms with Crippen LogP contribution in [-0.4, -0.2) is 75.8 Å². The average molecular weight is 426 g/mol. The number of nitrogens with one attached hydrogen (secondary N) is 1. The van der Waals surface area contributed by atoms with Crippen LogP contribution in [0.15, 0.2) is 30.9 Å². The molecule has 3 N–H and O–H groups in total. The Morgan fingerprint density at radius 2 is 2.10 bits per heavy atom. The standard InChI is InChI=1S/C20H23FN8O2/c21-13-9-24-19-17(18(22)26-29(19)11-13)20(30)25-15-10-23-3-1-16(15)28-6-4-27(5-7-28)14-2-8-31-12-14/h1,3,9-11,14H,2,4-8,12H2,(H2,22,26)(H,25,30)/t14-/m1/s1. The number of aromatic nitrogens is 4. The number of fused-ring (bicyclic) bond motifs is 1. The number of pyridine rings is 1. The van der Waals surface area contributed by atoms with Crippen molar-refractivity contribution in [3.63, 3.8) is 0 Å². The van der Waals surface area contributed by atoms with Crippen LogP contribution in [0.1, 0.15) is 16.8 Å². The molecule has 5 heterocycles. The van der Waals surface area contributed by atoms with Gasteiger partial charge in [-0.3, -0.25) is 14.7 Å². The molecule has 0 unspecified atom stereocenters. The van der Waals surface area contributed by atoms with Crippen molar-refractivity contribution in [3.05, 3.63) is 42.2 Å². The van der Waals surface area contributed by atoms with Crippen LogP contribution in [-0.2, 0) is 4.74 Å². The molecule has 0 saturated carbocycles. The topological polar surface area (TPSA) is 114 Å². The molecule has 1 atom stereocenters. The molecule has 31 heavy (non-hydrogen) atoms. The first-order chi connectivity index (χ1) is 15.1. The summed E-state index contributed by atoms with van der Waals surface area (Å²) in [5.41, 5.74) is 7.67. The van der Waals surface area contributed by atoms with Crippen LogP contribution in [0, 0.1) is 5.82 Å². The number of hydrogen-bond acceptors (Lipinski definition) is 8. The largest absolute Gasteiger partial charge is 0.381 e. The van der Waals surface area contributed by atoms with E-state index in [4.69, 9.17) is 10.5 Å². The molecule has 2 aliphatic heterocycles. The molecule has 0 aromatic carbocycles. The summed E-state index contributed by atoms with van der Waals surface area (Å²) in [6, 6.07) is 2.38. The van der Waals surface area contributed by atoms with E-state index in [0.29, 0.717) is 11.7 Å². The fraction of sp³-hybridized carbons (Fsp3) is 0.400. The van der Waals surface area contributed by atoms with Crippen molar-refractivity contribution in [3.8, 4) is 0 Å². The van der Waals surface area contributed by atoms with Gasteiger partial charge in [-0.2, -0.15) is 0 Å². The Morgan fingerprint density at radius 3 is 2.87 bits per heavy atom. The first-order valence-electron chi connectivity index (χ1n) is 10.2. The molecule has 3 aromatic heterocycles. The van der Waals surface area contributed by atoms with Gasteiger partial charge in [-0.1, -0.05) is 0 Å². The maximum Gasteiger partial charge on any atom is 0.263 e. The van der Waals surface area contributed by atoms with E-state index < -0.39 is 11.7 Å². The summed E-state index contributed by atoms with van der Waals surface area (Å²) < 4.78 is 20.1. The molecular formula is C20H23FN8O2. The monoisotopic (exact) mass is 426 g/mol. The maximum atomic E-state index is 13.4. The predicted octanol–water partition coefficient (Wildman–Crippen LogP) is 1.01. The zero-order chi connectivity index (χ0) is 21.4. The number of ether oxygens (including phenoxy) is 1. The van der Waals surface area contributed by atoms with Crippen molar-refractivity contribution < 1.29 is 13.9 Å². The minimum absolute atomic E-state index is 0.0200. The normalized spacial score (nSPS) is 19.8. The van der Waals surface area contributed by atoms with Crippen molar-refractivity contribution in [2.75, 3.05) is 55.3 Å². The Kier molecular flexibility index (Phi) is 5.12. The minimum Gasteiger partial charge on any atom is -0.381 e. The van der Waals surface area contributed by atoms with E-state index in [2.05, 4.69) is 30.2 Å². The van der Waals surface area contributed by atoms with Gasteiger partial charge in [0.15, 0.2) is 17.3 Å². The molecule has 162 valence electrons. The summed E-state index contributed by atoms with van der Waals surface area (Å²) >= 11 is 0. The third kappa shape index (κ3) is 3.77. The van der Waals surface area contributed by atoms with Gasteiger partial charge < -0.3 is 20.7 Å². The van der Waals surface area contributed by atoms with Crippen LogP contribution in [0.4, 0.5) is 21.6 Å². The van der Waals surface area contributed by atoms with E-state index >= 15 is 0 Å². The van der Waals surface area contributed by atoms with Gasteiger partial charge in [-0.05, 0) is 12.5 Å². The van der Waals surface area contributed by atoms with Gasteiger partial charge in [0.25, 0.3) is 5.91 Å². The average Bonchev–Trinajstić information content (AvgIpc) is 3.41. The third-order valence-corrected chi connectivity index (χ3v) is 5.82. The lowest BCUT2D eigenvalue weighted by Gasteiger charge is -2.39. The molecule has 11 heteroatoms. The number of amides is 1. The van der Waals surface area contributed by atoms with E-state index in [0.717, 1.165) is 68.4 Å². The number of carbonyl (C=O) groups excluding carboxylic acids is 1. The Hall–Kier alpha value is -3.31. The Balaban J connectivity index is 1.34. The number of nitrogens with two attached hydrogens (primary N) is 1. The zero-order valence-corrected chi connectivity index (χ0v) is 16.9. The minimum atomic E-state index is -0.570. The molecule has 5 rings (SSSR count). The number of nitrogens with zero attached hydrogens (tertiary/aromatic N) is 6. The lowest BCUT2D eigenvalue weighted by molar-refractivity contribution is 0.102. The van der Waals surface area contributed by atoms with Crippen LogP contribution < -0.4 is 16.0 Å². The molecule has 1 amide bonds. The van der Waals surface area contributed by atoms with Crippen LogP contribution in [0.5, 0.6) is 0 Å². The second-order valence-electron chi connectivity index (χ2n) is 7.69. The lowest BCUT2D eigenvalue weighted by Crippen LogP contribution is -2.50. The van der Waals surface area contributed by atoms with E-state index in [1.807, 2.05) is 6.07 Å². The summed E-state index contributed by atoms with van der Waals surface area (Å²) in [7, 11) is 0. The molecule has 2 aliphatic rings. The second-order valence-corrected chi connectivity index (χ2v) is 7.69. The van der Waals surface area contributed by atoms with Crippen molar-refractivity contribution in [1.29, 1.82) is 0 Å². The number of hydrogen-bond donors (Lipinski definition) is 2. The molecular weight excluding hydrogens is 403 g/mol. The van der Waals surface area contributed by atoms with Crippen LogP contribution in [0.3, 0.4) is 0 Å². The highest BCUT2D eigenvalue weighted by atomic mass is 19.1. The molecule has 2 saturated heterocycles. The van der Waals surface area contributed by atoms with E-state index in [1.54, 1.807) is 12.4 Å². The fourth-order valence-corrected chi connectivity index (χ4v) is 4.23. The Labute approximate surface area is 177 Å². The van der Waals surface area contributed by atoms with Gasteiger partial charge in [0.05, 0.1) is 36.6 Å². The highest BCUT2D eigenvalue weighted by molar-refractivity contribution is 6.12. The quantitative estimate of drug-likeness (QED) is 0.635. The number of carbonyl (C=O) groups is 1. The third-order valence-electron chi connectivity index (χ3n) is 5.82. The summed E-state index contributed by atoms with van der Waals surface area (Å²) in [6.45, 7) is 5.17. The zero-order valence-electron chi connectivity index (χ0n) is 16.9. The second kappa shape index (κ2) is 8.08. The maximum absolute atomic E-state index is 13.4. The number of nitrogen functional groups attached to an aromatic ring is 1. The SMILES string of the molecule is Nc1nn2cc(F)cnc2c1C(=O)Nc1cnccc1N1CCN([C@@H]2CCOC2)CC1.